The lowest BCUT2D eigenvalue weighted by Gasteiger charge is -2.23. The summed E-state index contributed by atoms with van der Waals surface area (Å²) in [5.74, 6) is 0.942. The summed E-state index contributed by atoms with van der Waals surface area (Å²) in [5.41, 5.74) is 0.657. The summed E-state index contributed by atoms with van der Waals surface area (Å²) < 4.78 is 1.73. The molecule has 0 radical (unpaired) electrons. The van der Waals surface area contributed by atoms with Crippen LogP contribution < -0.4 is 5.56 Å². The van der Waals surface area contributed by atoms with E-state index in [0.717, 1.165) is 42.5 Å². The topological polar surface area (TPSA) is 55.2 Å². The standard InChI is InChI=1S/C18H27N3O2S/c1-18(2,3)14-11-16(23)21-13(12-24-17(21)19-14)10-15(22)20-8-6-4-5-7-9-20/h11,13H,4-10,12H2,1-3H3. The number of carbonyl (C=O) groups excluding carboxylic acids is 1. The molecule has 1 unspecified atom stereocenters. The van der Waals surface area contributed by atoms with Crippen LogP contribution in [0.2, 0.25) is 0 Å². The average molecular weight is 350 g/mol. The minimum absolute atomic E-state index is 0.0245. The first-order chi connectivity index (χ1) is 11.4. The summed E-state index contributed by atoms with van der Waals surface area (Å²) in [7, 11) is 0. The molecular formula is C18H27N3O2S. The molecule has 1 atom stereocenters. The van der Waals surface area contributed by atoms with E-state index in [1.54, 1.807) is 22.4 Å². The zero-order valence-corrected chi connectivity index (χ0v) is 15.7. The molecule has 1 fully saturated rings. The van der Waals surface area contributed by atoms with Crippen molar-refractivity contribution in [3.63, 3.8) is 0 Å². The molecular weight excluding hydrogens is 322 g/mol. The summed E-state index contributed by atoms with van der Waals surface area (Å²) in [6, 6.07) is 1.58. The average Bonchev–Trinajstić information content (AvgIpc) is 2.73. The summed E-state index contributed by atoms with van der Waals surface area (Å²) in [6.07, 6.45) is 5.03. The molecule has 24 heavy (non-hydrogen) atoms. The third-order valence-corrected chi connectivity index (χ3v) is 5.92. The largest absolute Gasteiger partial charge is 0.343 e. The minimum atomic E-state index is -0.144. The van der Waals surface area contributed by atoms with E-state index in [0.29, 0.717) is 6.42 Å². The third-order valence-electron chi connectivity index (χ3n) is 4.83. The maximum Gasteiger partial charge on any atom is 0.254 e. The summed E-state index contributed by atoms with van der Waals surface area (Å²) >= 11 is 1.59. The lowest BCUT2D eigenvalue weighted by molar-refractivity contribution is -0.131. The molecule has 5 nitrogen and oxygen atoms in total. The van der Waals surface area contributed by atoms with E-state index in [4.69, 9.17) is 0 Å². The maximum atomic E-state index is 12.6. The molecule has 0 aliphatic carbocycles. The lowest BCUT2D eigenvalue weighted by atomic mass is 9.92. The van der Waals surface area contributed by atoms with Crippen LogP contribution in [0, 0.1) is 0 Å². The van der Waals surface area contributed by atoms with Gasteiger partial charge in [0.2, 0.25) is 5.91 Å². The smallest absolute Gasteiger partial charge is 0.254 e. The summed E-state index contributed by atoms with van der Waals surface area (Å²) in [5, 5.41) is 0.765. The highest BCUT2D eigenvalue weighted by molar-refractivity contribution is 7.99. The van der Waals surface area contributed by atoms with Gasteiger partial charge in [-0.2, -0.15) is 0 Å². The normalized spacial score (nSPS) is 21.5. The van der Waals surface area contributed by atoms with Gasteiger partial charge in [-0.15, -0.1) is 0 Å². The highest BCUT2D eigenvalue weighted by atomic mass is 32.2. The third kappa shape index (κ3) is 3.68. The van der Waals surface area contributed by atoms with E-state index in [9.17, 15) is 9.59 Å². The van der Waals surface area contributed by atoms with Crippen LogP contribution in [-0.2, 0) is 10.2 Å². The van der Waals surface area contributed by atoms with Gasteiger partial charge in [0.05, 0.1) is 11.7 Å². The molecule has 1 saturated heterocycles. The Labute approximate surface area is 147 Å². The minimum Gasteiger partial charge on any atom is -0.343 e. The van der Waals surface area contributed by atoms with Crippen molar-refractivity contribution >= 4 is 17.7 Å². The number of thioether (sulfide) groups is 1. The van der Waals surface area contributed by atoms with Crippen molar-refractivity contribution in [2.75, 3.05) is 18.8 Å². The SMILES string of the molecule is CC(C)(C)c1cc(=O)n2c(n1)SCC2CC(=O)N1CCCCCC1. The van der Waals surface area contributed by atoms with Crippen LogP contribution in [0.3, 0.4) is 0 Å². The van der Waals surface area contributed by atoms with Gasteiger partial charge in [-0.1, -0.05) is 45.4 Å². The van der Waals surface area contributed by atoms with Crippen LogP contribution in [-0.4, -0.2) is 39.2 Å². The van der Waals surface area contributed by atoms with Crippen molar-refractivity contribution in [3.05, 3.63) is 22.1 Å². The second kappa shape index (κ2) is 6.90. The Bertz CT molecular complexity index is 670. The monoisotopic (exact) mass is 349 g/mol. The van der Waals surface area contributed by atoms with Crippen LogP contribution in [0.15, 0.2) is 16.0 Å². The van der Waals surface area contributed by atoms with Gasteiger partial charge in [-0.05, 0) is 12.8 Å². The van der Waals surface area contributed by atoms with Crippen molar-refractivity contribution in [1.29, 1.82) is 0 Å². The van der Waals surface area contributed by atoms with Crippen molar-refractivity contribution in [3.8, 4) is 0 Å². The highest BCUT2D eigenvalue weighted by Crippen LogP contribution is 2.34. The van der Waals surface area contributed by atoms with Gasteiger partial charge in [-0.25, -0.2) is 4.98 Å². The van der Waals surface area contributed by atoms with Crippen molar-refractivity contribution < 1.29 is 4.79 Å². The molecule has 0 bridgehead atoms. The number of hydrogen-bond acceptors (Lipinski definition) is 4. The van der Waals surface area contributed by atoms with Gasteiger partial charge in [0.25, 0.3) is 5.56 Å². The first kappa shape index (κ1) is 17.5. The van der Waals surface area contributed by atoms with Crippen LogP contribution in [0.4, 0.5) is 0 Å². The summed E-state index contributed by atoms with van der Waals surface area (Å²) in [6.45, 7) is 7.91. The molecule has 132 valence electrons. The van der Waals surface area contributed by atoms with Gasteiger partial charge < -0.3 is 4.90 Å². The first-order valence-electron chi connectivity index (χ1n) is 8.91. The fraction of sp³-hybridized carbons (Fsp3) is 0.722. The Morgan fingerprint density at radius 1 is 1.25 bits per heavy atom. The number of rotatable bonds is 2. The van der Waals surface area contributed by atoms with Gasteiger partial charge in [0.15, 0.2) is 5.16 Å². The van der Waals surface area contributed by atoms with E-state index in [-0.39, 0.29) is 22.9 Å². The first-order valence-corrected chi connectivity index (χ1v) is 9.89. The van der Waals surface area contributed by atoms with Gasteiger partial charge >= 0.3 is 0 Å². The van der Waals surface area contributed by atoms with Gasteiger partial charge in [-0.3, -0.25) is 14.2 Å². The van der Waals surface area contributed by atoms with Gasteiger partial charge in [0.1, 0.15) is 0 Å². The van der Waals surface area contributed by atoms with E-state index in [1.165, 1.54) is 12.8 Å². The van der Waals surface area contributed by atoms with Crippen molar-refractivity contribution in [1.82, 2.24) is 14.5 Å². The van der Waals surface area contributed by atoms with Crippen molar-refractivity contribution in [2.24, 2.45) is 0 Å². The Kier molecular flexibility index (Phi) is 5.04. The lowest BCUT2D eigenvalue weighted by Crippen LogP contribution is -2.35. The molecule has 1 aromatic heterocycles. The number of likely N-dealkylation sites (tertiary alicyclic amines) is 1. The van der Waals surface area contributed by atoms with Crippen LogP contribution >= 0.6 is 11.8 Å². The molecule has 2 aliphatic heterocycles. The summed E-state index contributed by atoms with van der Waals surface area (Å²) in [4.78, 5) is 31.9. The number of amides is 1. The molecule has 0 N–H and O–H groups in total. The Morgan fingerprint density at radius 3 is 2.54 bits per heavy atom. The quantitative estimate of drug-likeness (QED) is 0.770. The predicted molar refractivity (Wildman–Crippen MR) is 96.6 cm³/mol. The number of aromatic nitrogens is 2. The molecule has 2 aliphatic rings. The molecule has 1 aromatic rings. The zero-order valence-electron chi connectivity index (χ0n) is 14.9. The van der Waals surface area contributed by atoms with Crippen LogP contribution in [0.5, 0.6) is 0 Å². The fourth-order valence-electron chi connectivity index (χ4n) is 3.34. The molecule has 6 heteroatoms. The second-order valence-electron chi connectivity index (χ2n) is 7.85. The maximum absolute atomic E-state index is 12.6. The number of nitrogens with zero attached hydrogens (tertiary/aromatic N) is 3. The molecule has 0 aromatic carbocycles. The van der Waals surface area contributed by atoms with E-state index >= 15 is 0 Å². The predicted octanol–water partition coefficient (Wildman–Crippen LogP) is 2.98. The van der Waals surface area contributed by atoms with E-state index in [2.05, 4.69) is 25.8 Å². The van der Waals surface area contributed by atoms with Crippen LogP contribution in [0.25, 0.3) is 0 Å². The molecule has 0 spiro atoms. The zero-order chi connectivity index (χ0) is 17.3. The van der Waals surface area contributed by atoms with Gasteiger partial charge in [0, 0.05) is 36.7 Å². The Hall–Kier alpha value is -1.30. The number of carbonyl (C=O) groups is 1. The molecule has 3 rings (SSSR count). The van der Waals surface area contributed by atoms with Crippen molar-refractivity contribution in [2.45, 2.75) is 69.5 Å². The van der Waals surface area contributed by atoms with E-state index in [1.807, 2.05) is 4.90 Å². The second-order valence-corrected chi connectivity index (χ2v) is 8.83. The Morgan fingerprint density at radius 2 is 1.92 bits per heavy atom. The molecule has 3 heterocycles. The molecule has 1 amide bonds. The van der Waals surface area contributed by atoms with Crippen LogP contribution in [0.1, 0.15) is 64.6 Å². The van der Waals surface area contributed by atoms with E-state index < -0.39 is 0 Å². The Balaban J connectivity index is 1.77. The fourth-order valence-corrected chi connectivity index (χ4v) is 4.49. The highest BCUT2D eigenvalue weighted by Gasteiger charge is 2.30. The molecule has 0 saturated carbocycles. The number of hydrogen-bond donors (Lipinski definition) is 0. The number of fused-ring (bicyclic) bond motifs is 1.